The molecule has 0 aliphatic rings. The van der Waals surface area contributed by atoms with Gasteiger partial charge >= 0.3 is 0 Å². The summed E-state index contributed by atoms with van der Waals surface area (Å²) in [7, 11) is 0. The zero-order valence-electron chi connectivity index (χ0n) is 10.1. The second-order valence-electron chi connectivity index (χ2n) is 3.80. The number of amidine groups is 1. The highest BCUT2D eigenvalue weighted by Gasteiger charge is 2.04. The molecule has 96 valence electrons. The Balaban J connectivity index is 2.06. The van der Waals surface area contributed by atoms with Gasteiger partial charge in [-0.3, -0.25) is 9.78 Å². The molecule has 0 bridgehead atoms. The van der Waals surface area contributed by atoms with Crippen LogP contribution in [0.2, 0.25) is 0 Å². The summed E-state index contributed by atoms with van der Waals surface area (Å²) < 4.78 is 0. The number of aromatic nitrogens is 1. The molecule has 0 unspecified atom stereocenters. The summed E-state index contributed by atoms with van der Waals surface area (Å²) in [5.41, 5.74) is 15.3. The lowest BCUT2D eigenvalue weighted by molar-refractivity contribution is 0.0955. The molecule has 5 N–H and O–H groups in total. The molecule has 6 heteroatoms. The minimum Gasteiger partial charge on any atom is -0.399 e. The van der Waals surface area contributed by atoms with Crippen molar-refractivity contribution in [2.45, 2.75) is 0 Å². The molecule has 2 rings (SSSR count). The number of hydrazone groups is 1. The van der Waals surface area contributed by atoms with Crippen molar-refractivity contribution in [3.05, 3.63) is 59.9 Å². The van der Waals surface area contributed by atoms with Crippen molar-refractivity contribution in [1.29, 1.82) is 0 Å². The Bertz CT molecular complexity index is 592. The first kappa shape index (κ1) is 12.6. The van der Waals surface area contributed by atoms with E-state index in [0.717, 1.165) is 0 Å². The third-order valence-electron chi connectivity index (χ3n) is 2.41. The van der Waals surface area contributed by atoms with E-state index in [4.69, 9.17) is 11.5 Å². The minimum atomic E-state index is -0.355. The lowest BCUT2D eigenvalue weighted by Gasteiger charge is -2.02. The molecule has 0 fully saturated rings. The smallest absolute Gasteiger partial charge is 0.271 e. The van der Waals surface area contributed by atoms with Crippen molar-refractivity contribution < 1.29 is 4.79 Å². The van der Waals surface area contributed by atoms with Gasteiger partial charge in [-0.25, -0.2) is 5.43 Å². The molecule has 6 nitrogen and oxygen atoms in total. The second kappa shape index (κ2) is 5.63. The predicted molar refractivity (Wildman–Crippen MR) is 73.3 cm³/mol. The zero-order valence-corrected chi connectivity index (χ0v) is 10.1. The number of pyridine rings is 1. The summed E-state index contributed by atoms with van der Waals surface area (Å²) in [4.78, 5) is 15.7. The standard InChI is InChI=1S/C13H13N5O/c14-11-5-3-9(4-6-11)13(19)18-17-12(15)10-2-1-7-16-8-10/h1-8H,14H2,(H2,15,17)(H,18,19). The average molecular weight is 255 g/mol. The summed E-state index contributed by atoms with van der Waals surface area (Å²) in [5, 5.41) is 3.82. The summed E-state index contributed by atoms with van der Waals surface area (Å²) in [6.45, 7) is 0. The molecular formula is C13H13N5O. The summed E-state index contributed by atoms with van der Waals surface area (Å²) >= 11 is 0. The molecule has 19 heavy (non-hydrogen) atoms. The monoisotopic (exact) mass is 255 g/mol. The molecule has 0 saturated carbocycles. The van der Waals surface area contributed by atoms with Crippen LogP contribution in [-0.2, 0) is 0 Å². The number of rotatable bonds is 3. The molecule has 1 heterocycles. The van der Waals surface area contributed by atoms with Crippen LogP contribution in [0.1, 0.15) is 15.9 Å². The first-order chi connectivity index (χ1) is 9.16. The van der Waals surface area contributed by atoms with E-state index in [0.29, 0.717) is 16.8 Å². The van der Waals surface area contributed by atoms with E-state index in [1.807, 2.05) is 0 Å². The van der Waals surface area contributed by atoms with Crippen LogP contribution in [0.15, 0.2) is 53.9 Å². The molecular weight excluding hydrogens is 242 g/mol. The van der Waals surface area contributed by atoms with Gasteiger partial charge in [0, 0.05) is 29.2 Å². The van der Waals surface area contributed by atoms with Gasteiger partial charge in [-0.05, 0) is 36.4 Å². The first-order valence-electron chi connectivity index (χ1n) is 5.56. The number of carbonyl (C=O) groups is 1. The number of nitrogens with two attached hydrogens (primary N) is 2. The third-order valence-corrected chi connectivity index (χ3v) is 2.41. The van der Waals surface area contributed by atoms with E-state index in [2.05, 4.69) is 15.5 Å². The normalized spacial score (nSPS) is 11.1. The maximum absolute atomic E-state index is 11.8. The van der Waals surface area contributed by atoms with E-state index < -0.39 is 0 Å². The van der Waals surface area contributed by atoms with Gasteiger partial charge in [-0.15, -0.1) is 0 Å². The molecule has 0 spiro atoms. The number of nitrogens with one attached hydrogen (secondary N) is 1. The van der Waals surface area contributed by atoms with E-state index >= 15 is 0 Å². The highest BCUT2D eigenvalue weighted by molar-refractivity contribution is 5.99. The Morgan fingerprint density at radius 2 is 1.89 bits per heavy atom. The van der Waals surface area contributed by atoms with Crippen LogP contribution >= 0.6 is 0 Å². The summed E-state index contributed by atoms with van der Waals surface area (Å²) in [6, 6.07) is 9.99. The Hall–Kier alpha value is -2.89. The van der Waals surface area contributed by atoms with Crippen LogP contribution in [0.25, 0.3) is 0 Å². The van der Waals surface area contributed by atoms with Crippen molar-refractivity contribution in [3.63, 3.8) is 0 Å². The minimum absolute atomic E-state index is 0.192. The van der Waals surface area contributed by atoms with E-state index in [1.54, 1.807) is 48.8 Å². The first-order valence-corrected chi connectivity index (χ1v) is 5.56. The van der Waals surface area contributed by atoms with Crippen molar-refractivity contribution in [2.75, 3.05) is 5.73 Å². The summed E-state index contributed by atoms with van der Waals surface area (Å²) in [5.74, 6) is -0.163. The SMILES string of the molecule is N/C(=N\NC(=O)c1ccc(N)cc1)c1cccnc1. The van der Waals surface area contributed by atoms with Crippen molar-refractivity contribution >= 4 is 17.4 Å². The third kappa shape index (κ3) is 3.29. The fourth-order valence-electron chi connectivity index (χ4n) is 1.39. The van der Waals surface area contributed by atoms with E-state index in [9.17, 15) is 4.79 Å². The lowest BCUT2D eigenvalue weighted by Crippen LogP contribution is -2.24. The fraction of sp³-hybridized carbons (Fsp3) is 0. The molecule has 1 amide bonds. The Morgan fingerprint density at radius 1 is 1.16 bits per heavy atom. The number of nitrogens with zero attached hydrogens (tertiary/aromatic N) is 2. The van der Waals surface area contributed by atoms with Crippen LogP contribution in [-0.4, -0.2) is 16.7 Å². The van der Waals surface area contributed by atoms with Crippen LogP contribution in [0.5, 0.6) is 0 Å². The molecule has 2 aromatic rings. The maximum Gasteiger partial charge on any atom is 0.271 e. The number of hydrogen-bond acceptors (Lipinski definition) is 4. The van der Waals surface area contributed by atoms with Gasteiger partial charge in [-0.2, -0.15) is 5.10 Å². The maximum atomic E-state index is 11.8. The Morgan fingerprint density at radius 3 is 2.53 bits per heavy atom. The lowest BCUT2D eigenvalue weighted by atomic mass is 10.2. The molecule has 0 aliphatic carbocycles. The van der Waals surface area contributed by atoms with Crippen LogP contribution in [0.4, 0.5) is 5.69 Å². The van der Waals surface area contributed by atoms with Crippen LogP contribution < -0.4 is 16.9 Å². The van der Waals surface area contributed by atoms with Gasteiger partial charge in [0.05, 0.1) is 0 Å². The molecule has 0 saturated heterocycles. The van der Waals surface area contributed by atoms with E-state index in [1.165, 1.54) is 0 Å². The van der Waals surface area contributed by atoms with Gasteiger partial charge in [0.1, 0.15) is 0 Å². The molecule has 0 aliphatic heterocycles. The predicted octanol–water partition coefficient (Wildman–Crippen LogP) is 0.714. The summed E-state index contributed by atoms with van der Waals surface area (Å²) in [6.07, 6.45) is 3.19. The fourth-order valence-corrected chi connectivity index (χ4v) is 1.39. The van der Waals surface area contributed by atoms with Crippen molar-refractivity contribution in [2.24, 2.45) is 10.8 Å². The van der Waals surface area contributed by atoms with Crippen LogP contribution in [0.3, 0.4) is 0 Å². The average Bonchev–Trinajstić information content (AvgIpc) is 2.46. The van der Waals surface area contributed by atoms with Gasteiger partial charge in [0.15, 0.2) is 5.84 Å². The number of benzene rings is 1. The molecule has 0 atom stereocenters. The topological polar surface area (TPSA) is 106 Å². The second-order valence-corrected chi connectivity index (χ2v) is 3.80. The number of anilines is 1. The van der Waals surface area contributed by atoms with Crippen molar-refractivity contribution in [3.8, 4) is 0 Å². The molecule has 1 aromatic heterocycles. The van der Waals surface area contributed by atoms with Crippen LogP contribution in [0, 0.1) is 0 Å². The van der Waals surface area contributed by atoms with Crippen molar-refractivity contribution in [1.82, 2.24) is 10.4 Å². The quantitative estimate of drug-likeness (QED) is 0.325. The number of hydrogen-bond donors (Lipinski definition) is 3. The number of nitrogen functional groups attached to an aromatic ring is 1. The number of carbonyl (C=O) groups excluding carboxylic acids is 1. The van der Waals surface area contributed by atoms with Gasteiger partial charge in [-0.1, -0.05) is 0 Å². The van der Waals surface area contributed by atoms with Gasteiger partial charge in [0.2, 0.25) is 0 Å². The molecule has 0 radical (unpaired) electrons. The zero-order chi connectivity index (χ0) is 13.7. The van der Waals surface area contributed by atoms with Gasteiger partial charge in [0.25, 0.3) is 5.91 Å². The van der Waals surface area contributed by atoms with E-state index in [-0.39, 0.29) is 11.7 Å². The highest BCUT2D eigenvalue weighted by atomic mass is 16.2. The highest BCUT2D eigenvalue weighted by Crippen LogP contribution is 2.05. The Kier molecular flexibility index (Phi) is 3.72. The Labute approximate surface area is 110 Å². The van der Waals surface area contributed by atoms with Gasteiger partial charge < -0.3 is 11.5 Å². The number of amides is 1. The largest absolute Gasteiger partial charge is 0.399 e. The molecule has 1 aromatic carbocycles.